The molecule has 0 saturated carbocycles. The van der Waals surface area contributed by atoms with Crippen molar-refractivity contribution in [1.82, 2.24) is 0 Å². The number of rotatable bonds is 5. The third-order valence-electron chi connectivity index (χ3n) is 3.38. The lowest BCUT2D eigenvalue weighted by Crippen LogP contribution is -2.28. The van der Waals surface area contributed by atoms with Gasteiger partial charge in [-0.05, 0) is 31.5 Å². The molecule has 0 spiro atoms. The largest absolute Gasteiger partial charge is 0.496 e. The van der Waals surface area contributed by atoms with Gasteiger partial charge in [0.15, 0.2) is 5.78 Å². The van der Waals surface area contributed by atoms with E-state index in [2.05, 4.69) is 0 Å². The monoisotopic (exact) mass is 300 g/mol. The molecule has 0 aliphatic carbocycles. The van der Waals surface area contributed by atoms with Gasteiger partial charge in [-0.3, -0.25) is 9.00 Å². The van der Waals surface area contributed by atoms with E-state index >= 15 is 0 Å². The minimum absolute atomic E-state index is 0.113. The Hall–Kier alpha value is -1.27. The normalized spacial score (nSPS) is 23.6. The molecule has 20 heavy (non-hydrogen) atoms. The Morgan fingerprint density at radius 2 is 2.30 bits per heavy atom. The second-order valence-electron chi connectivity index (χ2n) is 4.70. The first-order chi connectivity index (χ1) is 9.52. The molecule has 3 unspecified atom stereocenters. The van der Waals surface area contributed by atoms with E-state index in [-0.39, 0.29) is 28.5 Å². The van der Waals surface area contributed by atoms with E-state index in [4.69, 9.17) is 9.47 Å². The lowest BCUT2D eigenvalue weighted by atomic mass is 10.1. The second kappa shape index (κ2) is 6.45. The maximum Gasteiger partial charge on any atom is 0.179 e. The van der Waals surface area contributed by atoms with Crippen molar-refractivity contribution in [2.24, 2.45) is 0 Å². The summed E-state index contributed by atoms with van der Waals surface area (Å²) in [6.07, 6.45) is 0.569. The smallest absolute Gasteiger partial charge is 0.179 e. The molecule has 1 aromatic rings. The lowest BCUT2D eigenvalue weighted by Gasteiger charge is -2.14. The van der Waals surface area contributed by atoms with Gasteiger partial charge in [-0.2, -0.15) is 0 Å². The summed E-state index contributed by atoms with van der Waals surface area (Å²) in [5.41, 5.74) is 0.132. The van der Waals surface area contributed by atoms with Crippen LogP contribution in [0.25, 0.3) is 0 Å². The van der Waals surface area contributed by atoms with E-state index in [9.17, 15) is 13.4 Å². The zero-order valence-electron chi connectivity index (χ0n) is 11.4. The molecule has 0 aromatic heterocycles. The van der Waals surface area contributed by atoms with Gasteiger partial charge < -0.3 is 9.47 Å². The molecule has 0 amide bonds. The number of benzene rings is 1. The van der Waals surface area contributed by atoms with Crippen molar-refractivity contribution in [3.63, 3.8) is 0 Å². The average Bonchev–Trinajstić information content (AvgIpc) is 2.85. The molecule has 1 saturated heterocycles. The standard InChI is InChI=1S/C14H17FO4S/c1-9-14(5-6-19-9)20(17)8-12(16)11-7-10(15)3-4-13(11)18-2/h3-4,7,9,14H,5-6,8H2,1-2H3. The number of ether oxygens (including phenoxy) is 2. The van der Waals surface area contributed by atoms with Crippen molar-refractivity contribution in [2.45, 2.75) is 24.7 Å². The quantitative estimate of drug-likeness (QED) is 0.780. The summed E-state index contributed by atoms with van der Waals surface area (Å²) in [6, 6.07) is 3.74. The zero-order valence-corrected chi connectivity index (χ0v) is 12.2. The average molecular weight is 300 g/mol. The fraction of sp³-hybridized carbons (Fsp3) is 0.500. The van der Waals surface area contributed by atoms with Crippen LogP contribution in [0.5, 0.6) is 5.75 Å². The molecule has 0 radical (unpaired) electrons. The summed E-state index contributed by atoms with van der Waals surface area (Å²) in [7, 11) is 0.0851. The Morgan fingerprint density at radius 1 is 1.55 bits per heavy atom. The summed E-state index contributed by atoms with van der Waals surface area (Å²) in [4.78, 5) is 12.2. The van der Waals surface area contributed by atoms with Gasteiger partial charge in [0.05, 0.1) is 29.8 Å². The Kier molecular flexibility index (Phi) is 4.88. The first kappa shape index (κ1) is 15.1. The number of halogens is 1. The lowest BCUT2D eigenvalue weighted by molar-refractivity contribution is 0.101. The van der Waals surface area contributed by atoms with Crippen LogP contribution in [0.2, 0.25) is 0 Å². The molecule has 1 fully saturated rings. The van der Waals surface area contributed by atoms with Crippen LogP contribution in [0.3, 0.4) is 0 Å². The second-order valence-corrected chi connectivity index (χ2v) is 6.35. The highest BCUT2D eigenvalue weighted by atomic mass is 32.2. The highest BCUT2D eigenvalue weighted by Crippen LogP contribution is 2.23. The predicted molar refractivity (Wildman–Crippen MR) is 74.1 cm³/mol. The van der Waals surface area contributed by atoms with Gasteiger partial charge in [0.1, 0.15) is 11.6 Å². The minimum Gasteiger partial charge on any atom is -0.496 e. The maximum absolute atomic E-state index is 13.2. The Labute approximate surface area is 119 Å². The Bertz CT molecular complexity index is 532. The van der Waals surface area contributed by atoms with Gasteiger partial charge >= 0.3 is 0 Å². The highest BCUT2D eigenvalue weighted by molar-refractivity contribution is 7.86. The number of carbonyl (C=O) groups excluding carboxylic acids is 1. The third-order valence-corrected chi connectivity index (χ3v) is 5.22. The number of Topliss-reactive ketones (excluding diaryl/α,β-unsaturated/α-hetero) is 1. The van der Waals surface area contributed by atoms with Gasteiger partial charge in [0.2, 0.25) is 0 Å². The van der Waals surface area contributed by atoms with E-state index in [0.717, 1.165) is 6.07 Å². The molecule has 6 heteroatoms. The molecule has 2 rings (SSSR count). The van der Waals surface area contributed by atoms with Crippen molar-refractivity contribution in [2.75, 3.05) is 19.5 Å². The van der Waals surface area contributed by atoms with Crippen LogP contribution >= 0.6 is 0 Å². The molecular formula is C14H17FO4S. The summed E-state index contributed by atoms with van der Waals surface area (Å²) in [5.74, 6) is -0.738. The summed E-state index contributed by atoms with van der Waals surface area (Å²) < 4.78 is 35.8. The molecule has 110 valence electrons. The molecule has 0 bridgehead atoms. The first-order valence-corrected chi connectivity index (χ1v) is 7.76. The summed E-state index contributed by atoms with van der Waals surface area (Å²) >= 11 is 0. The van der Waals surface area contributed by atoms with Gasteiger partial charge in [0, 0.05) is 17.4 Å². The molecule has 3 atom stereocenters. The third kappa shape index (κ3) is 3.24. The maximum atomic E-state index is 13.2. The van der Waals surface area contributed by atoms with Crippen LogP contribution < -0.4 is 4.74 Å². The van der Waals surface area contributed by atoms with E-state index in [1.165, 1.54) is 19.2 Å². The van der Waals surface area contributed by atoms with Crippen LogP contribution in [0, 0.1) is 5.82 Å². The minimum atomic E-state index is -1.33. The molecular weight excluding hydrogens is 283 g/mol. The van der Waals surface area contributed by atoms with E-state index in [1.807, 2.05) is 6.92 Å². The summed E-state index contributed by atoms with van der Waals surface area (Å²) in [6.45, 7) is 2.41. The topological polar surface area (TPSA) is 52.6 Å². The summed E-state index contributed by atoms with van der Waals surface area (Å²) in [5, 5.41) is -0.140. The number of hydrogen-bond donors (Lipinski definition) is 0. The number of carbonyl (C=O) groups is 1. The molecule has 0 N–H and O–H groups in total. The van der Waals surface area contributed by atoms with Crippen LogP contribution in [0.15, 0.2) is 18.2 Å². The molecule has 1 heterocycles. The fourth-order valence-electron chi connectivity index (χ4n) is 2.27. The number of ketones is 1. The molecule has 1 aliphatic rings. The van der Waals surface area contributed by atoms with Gasteiger partial charge in [-0.1, -0.05) is 0 Å². The SMILES string of the molecule is COc1ccc(F)cc1C(=O)CS(=O)C1CCOC1C. The van der Waals surface area contributed by atoms with Crippen LogP contribution in [0.4, 0.5) is 4.39 Å². The molecule has 1 aromatic carbocycles. The van der Waals surface area contributed by atoms with Crippen molar-refractivity contribution < 1.29 is 22.9 Å². The van der Waals surface area contributed by atoms with Gasteiger partial charge in [0.25, 0.3) is 0 Å². The van der Waals surface area contributed by atoms with Crippen LogP contribution in [-0.2, 0) is 15.5 Å². The van der Waals surface area contributed by atoms with Crippen molar-refractivity contribution in [3.05, 3.63) is 29.6 Å². The Morgan fingerprint density at radius 3 is 2.90 bits per heavy atom. The van der Waals surface area contributed by atoms with Crippen molar-refractivity contribution >= 4 is 16.6 Å². The van der Waals surface area contributed by atoms with Crippen LogP contribution in [-0.4, -0.2) is 40.8 Å². The fourth-order valence-corrected chi connectivity index (χ4v) is 3.76. The van der Waals surface area contributed by atoms with E-state index in [1.54, 1.807) is 0 Å². The highest BCUT2D eigenvalue weighted by Gasteiger charge is 2.31. The van der Waals surface area contributed by atoms with E-state index < -0.39 is 16.6 Å². The van der Waals surface area contributed by atoms with Crippen molar-refractivity contribution in [3.8, 4) is 5.75 Å². The first-order valence-electron chi connectivity index (χ1n) is 6.38. The molecule has 1 aliphatic heterocycles. The van der Waals surface area contributed by atoms with E-state index in [0.29, 0.717) is 18.8 Å². The number of methoxy groups -OCH3 is 1. The van der Waals surface area contributed by atoms with Crippen molar-refractivity contribution in [1.29, 1.82) is 0 Å². The van der Waals surface area contributed by atoms with Crippen LogP contribution in [0.1, 0.15) is 23.7 Å². The predicted octanol–water partition coefficient (Wildman–Crippen LogP) is 1.94. The number of hydrogen-bond acceptors (Lipinski definition) is 4. The van der Waals surface area contributed by atoms with Gasteiger partial charge in [-0.15, -0.1) is 0 Å². The zero-order chi connectivity index (χ0) is 14.7. The van der Waals surface area contributed by atoms with Gasteiger partial charge in [-0.25, -0.2) is 4.39 Å². The Balaban J connectivity index is 2.12. The molecule has 4 nitrogen and oxygen atoms in total.